The lowest BCUT2D eigenvalue weighted by molar-refractivity contribution is -0.117. The minimum absolute atomic E-state index is 0.149. The lowest BCUT2D eigenvalue weighted by atomic mass is 9.92. The molecule has 2 aromatic rings. The number of halogens is 2. The van der Waals surface area contributed by atoms with Gasteiger partial charge in [-0.3, -0.25) is 9.59 Å². The van der Waals surface area contributed by atoms with E-state index in [4.69, 9.17) is 23.2 Å². The topological polar surface area (TPSA) is 46.2 Å². The van der Waals surface area contributed by atoms with Gasteiger partial charge in [-0.05, 0) is 35.7 Å². The molecule has 2 aromatic carbocycles. The molecule has 24 heavy (non-hydrogen) atoms. The summed E-state index contributed by atoms with van der Waals surface area (Å²) < 4.78 is 0. The second-order valence-electron chi connectivity index (χ2n) is 6.78. The van der Waals surface area contributed by atoms with Crippen LogP contribution in [-0.2, 0) is 4.79 Å². The highest BCUT2D eigenvalue weighted by Crippen LogP contribution is 2.27. The number of rotatable bonds is 4. The van der Waals surface area contributed by atoms with Crippen LogP contribution in [0.5, 0.6) is 0 Å². The number of hydrogen-bond donors (Lipinski definition) is 1. The predicted octanol–water partition coefficient (Wildman–Crippen LogP) is 5.60. The number of amides is 1. The molecule has 0 heterocycles. The van der Waals surface area contributed by atoms with Crippen LogP contribution < -0.4 is 5.32 Å². The van der Waals surface area contributed by atoms with Crippen molar-refractivity contribution in [3.8, 4) is 0 Å². The summed E-state index contributed by atoms with van der Waals surface area (Å²) in [4.78, 5) is 25.0. The molecule has 0 radical (unpaired) electrons. The summed E-state index contributed by atoms with van der Waals surface area (Å²) >= 11 is 12.1. The molecule has 2 rings (SSSR count). The second kappa shape index (κ2) is 7.37. The maximum absolute atomic E-state index is 12.8. The van der Waals surface area contributed by atoms with Crippen molar-refractivity contribution in [1.82, 2.24) is 0 Å². The number of carbonyl (C=O) groups is 2. The SMILES string of the molecule is CC(C)(C)CC(=O)Nc1ccc(Cl)cc1C(=O)c1ccccc1Cl. The molecule has 5 heteroatoms. The normalized spacial score (nSPS) is 11.2. The smallest absolute Gasteiger partial charge is 0.224 e. The molecule has 126 valence electrons. The van der Waals surface area contributed by atoms with Gasteiger partial charge in [-0.25, -0.2) is 0 Å². The predicted molar refractivity (Wildman–Crippen MR) is 99.0 cm³/mol. The molecular weight excluding hydrogens is 345 g/mol. The summed E-state index contributed by atoms with van der Waals surface area (Å²) in [5, 5.41) is 3.57. The summed E-state index contributed by atoms with van der Waals surface area (Å²) in [5.41, 5.74) is 0.966. The molecule has 3 nitrogen and oxygen atoms in total. The number of hydrogen-bond acceptors (Lipinski definition) is 2. The fraction of sp³-hybridized carbons (Fsp3) is 0.263. The Kier molecular flexibility index (Phi) is 5.68. The molecular formula is C19H19Cl2NO2. The molecule has 0 aliphatic carbocycles. The van der Waals surface area contributed by atoms with Crippen LogP contribution in [0.3, 0.4) is 0 Å². The molecule has 0 fully saturated rings. The van der Waals surface area contributed by atoms with Crippen molar-refractivity contribution in [3.63, 3.8) is 0 Å². The van der Waals surface area contributed by atoms with E-state index in [0.717, 1.165) is 0 Å². The number of nitrogens with one attached hydrogen (secondary N) is 1. The maximum atomic E-state index is 12.8. The third-order valence-electron chi connectivity index (χ3n) is 3.31. The van der Waals surface area contributed by atoms with Crippen molar-refractivity contribution < 1.29 is 9.59 Å². The first-order valence-electron chi connectivity index (χ1n) is 7.56. The van der Waals surface area contributed by atoms with E-state index in [0.29, 0.717) is 33.3 Å². The lowest BCUT2D eigenvalue weighted by Crippen LogP contribution is -2.21. The third-order valence-corrected chi connectivity index (χ3v) is 3.87. The summed E-state index contributed by atoms with van der Waals surface area (Å²) in [5.74, 6) is -0.438. The third kappa shape index (κ3) is 4.83. The maximum Gasteiger partial charge on any atom is 0.224 e. The van der Waals surface area contributed by atoms with Crippen molar-refractivity contribution in [2.24, 2.45) is 5.41 Å². The monoisotopic (exact) mass is 363 g/mol. The minimum Gasteiger partial charge on any atom is -0.325 e. The van der Waals surface area contributed by atoms with Gasteiger partial charge < -0.3 is 5.32 Å². The Morgan fingerprint density at radius 2 is 1.67 bits per heavy atom. The van der Waals surface area contributed by atoms with E-state index in [1.807, 2.05) is 20.8 Å². The van der Waals surface area contributed by atoms with E-state index in [1.54, 1.807) is 42.5 Å². The molecule has 0 bridgehead atoms. The molecule has 0 aliphatic rings. The van der Waals surface area contributed by atoms with Gasteiger partial charge >= 0.3 is 0 Å². The Bertz CT molecular complexity index is 779. The molecule has 0 aromatic heterocycles. The Hall–Kier alpha value is -1.84. The van der Waals surface area contributed by atoms with E-state index in [2.05, 4.69) is 5.32 Å². The number of benzene rings is 2. The highest BCUT2D eigenvalue weighted by molar-refractivity contribution is 6.36. The quantitative estimate of drug-likeness (QED) is 0.718. The standard InChI is InChI=1S/C19H19Cl2NO2/c1-19(2,3)11-17(23)22-16-9-8-12(20)10-14(16)18(24)13-6-4-5-7-15(13)21/h4-10H,11H2,1-3H3,(H,22,23). The molecule has 0 saturated heterocycles. The Balaban J connectivity index is 2.36. The van der Waals surface area contributed by atoms with Crippen LogP contribution in [0.1, 0.15) is 43.1 Å². The second-order valence-corrected chi connectivity index (χ2v) is 7.63. The van der Waals surface area contributed by atoms with Crippen molar-refractivity contribution >= 4 is 40.6 Å². The fourth-order valence-corrected chi connectivity index (χ4v) is 2.67. The number of ketones is 1. The first-order valence-corrected chi connectivity index (χ1v) is 8.31. The summed E-state index contributed by atoms with van der Waals surface area (Å²) in [6, 6.07) is 11.6. The van der Waals surface area contributed by atoms with E-state index >= 15 is 0 Å². The average molecular weight is 364 g/mol. The van der Waals surface area contributed by atoms with E-state index in [-0.39, 0.29) is 17.1 Å². The van der Waals surface area contributed by atoms with E-state index < -0.39 is 0 Å². The van der Waals surface area contributed by atoms with Crippen LogP contribution in [0.2, 0.25) is 10.0 Å². The lowest BCUT2D eigenvalue weighted by Gasteiger charge is -2.18. The van der Waals surface area contributed by atoms with Crippen LogP contribution in [0, 0.1) is 5.41 Å². The van der Waals surface area contributed by atoms with E-state index in [9.17, 15) is 9.59 Å². The number of anilines is 1. The van der Waals surface area contributed by atoms with Crippen molar-refractivity contribution in [2.45, 2.75) is 27.2 Å². The average Bonchev–Trinajstić information content (AvgIpc) is 2.47. The molecule has 0 saturated carbocycles. The van der Waals surface area contributed by atoms with Crippen LogP contribution in [-0.4, -0.2) is 11.7 Å². The highest BCUT2D eigenvalue weighted by atomic mass is 35.5. The molecule has 1 amide bonds. The van der Waals surface area contributed by atoms with Gasteiger partial charge in [0.15, 0.2) is 5.78 Å². The van der Waals surface area contributed by atoms with Gasteiger partial charge in [0, 0.05) is 22.6 Å². The zero-order valence-corrected chi connectivity index (χ0v) is 15.3. The molecule has 0 unspecified atom stereocenters. The van der Waals surface area contributed by atoms with Crippen LogP contribution in [0.15, 0.2) is 42.5 Å². The number of carbonyl (C=O) groups excluding carboxylic acids is 2. The summed E-state index contributed by atoms with van der Waals surface area (Å²) in [7, 11) is 0. The molecule has 0 aliphatic heterocycles. The Labute approximate surface area is 152 Å². The summed E-state index contributed by atoms with van der Waals surface area (Å²) in [6.07, 6.45) is 0.343. The fourth-order valence-electron chi connectivity index (χ4n) is 2.28. The van der Waals surface area contributed by atoms with Gasteiger partial charge in [0.05, 0.1) is 10.7 Å². The minimum atomic E-state index is -0.283. The Morgan fingerprint density at radius 1 is 1.00 bits per heavy atom. The van der Waals surface area contributed by atoms with Crippen LogP contribution >= 0.6 is 23.2 Å². The molecule has 0 spiro atoms. The van der Waals surface area contributed by atoms with Gasteiger partial charge in [0.25, 0.3) is 0 Å². The van der Waals surface area contributed by atoms with E-state index in [1.165, 1.54) is 0 Å². The zero-order valence-electron chi connectivity index (χ0n) is 13.8. The van der Waals surface area contributed by atoms with Gasteiger partial charge in [0.1, 0.15) is 0 Å². The largest absolute Gasteiger partial charge is 0.325 e. The van der Waals surface area contributed by atoms with Crippen molar-refractivity contribution in [3.05, 3.63) is 63.6 Å². The Morgan fingerprint density at radius 3 is 2.29 bits per heavy atom. The zero-order chi connectivity index (χ0) is 17.9. The first kappa shape index (κ1) is 18.5. The summed E-state index contributed by atoms with van der Waals surface area (Å²) in [6.45, 7) is 5.93. The van der Waals surface area contributed by atoms with Crippen LogP contribution in [0.4, 0.5) is 5.69 Å². The van der Waals surface area contributed by atoms with Gasteiger partial charge in [-0.1, -0.05) is 56.1 Å². The van der Waals surface area contributed by atoms with Crippen LogP contribution in [0.25, 0.3) is 0 Å². The molecule has 0 atom stereocenters. The van der Waals surface area contributed by atoms with Gasteiger partial charge in [-0.15, -0.1) is 0 Å². The first-order chi connectivity index (χ1) is 11.2. The van der Waals surface area contributed by atoms with Crippen molar-refractivity contribution in [1.29, 1.82) is 0 Å². The van der Waals surface area contributed by atoms with Gasteiger partial charge in [0.2, 0.25) is 5.91 Å². The van der Waals surface area contributed by atoms with Crippen molar-refractivity contribution in [2.75, 3.05) is 5.32 Å². The van der Waals surface area contributed by atoms with Gasteiger partial charge in [-0.2, -0.15) is 0 Å². The highest BCUT2D eigenvalue weighted by Gasteiger charge is 2.20. The molecule has 1 N–H and O–H groups in total.